The maximum atomic E-state index is 12.7. The van der Waals surface area contributed by atoms with Crippen LogP contribution >= 0.6 is 0 Å². The van der Waals surface area contributed by atoms with Crippen LogP contribution in [0.4, 0.5) is 5.69 Å². The largest absolute Gasteiger partial charge is 0.337 e. The van der Waals surface area contributed by atoms with Crippen LogP contribution in [-0.4, -0.2) is 34.8 Å². The van der Waals surface area contributed by atoms with Crippen LogP contribution < -0.4 is 5.32 Å². The highest BCUT2D eigenvalue weighted by atomic mass is 16.2. The van der Waals surface area contributed by atoms with Crippen LogP contribution in [0, 0.1) is 13.8 Å². The summed E-state index contributed by atoms with van der Waals surface area (Å²) < 4.78 is 0. The van der Waals surface area contributed by atoms with Gasteiger partial charge in [0.1, 0.15) is 11.4 Å². The summed E-state index contributed by atoms with van der Waals surface area (Å²) in [6.45, 7) is 9.42. The number of benzene rings is 1. The molecule has 0 bridgehead atoms. The fourth-order valence-electron chi connectivity index (χ4n) is 2.77. The standard InChI is InChI=1S/C21H27N3O2/c1-5-13-24(14-6-2)21(26)19-12-8-11-18(22-19)20(25)23-17-10-7-9-15(3)16(17)4/h7-12H,5-6,13-14H2,1-4H3,(H,23,25). The van der Waals surface area contributed by atoms with E-state index >= 15 is 0 Å². The summed E-state index contributed by atoms with van der Waals surface area (Å²) in [6, 6.07) is 10.8. The van der Waals surface area contributed by atoms with Crippen molar-refractivity contribution in [1.82, 2.24) is 9.88 Å². The average molecular weight is 353 g/mol. The molecule has 5 nitrogen and oxygen atoms in total. The zero-order valence-electron chi connectivity index (χ0n) is 16.0. The molecule has 138 valence electrons. The molecule has 0 spiro atoms. The van der Waals surface area contributed by atoms with Gasteiger partial charge >= 0.3 is 0 Å². The third-order valence-electron chi connectivity index (χ3n) is 4.33. The Labute approximate surface area is 155 Å². The van der Waals surface area contributed by atoms with Gasteiger partial charge in [-0.2, -0.15) is 0 Å². The van der Waals surface area contributed by atoms with Crippen LogP contribution in [0.25, 0.3) is 0 Å². The van der Waals surface area contributed by atoms with Crippen LogP contribution in [0.3, 0.4) is 0 Å². The number of carbonyl (C=O) groups excluding carboxylic acids is 2. The van der Waals surface area contributed by atoms with E-state index in [1.165, 1.54) is 0 Å². The Morgan fingerprint density at radius 1 is 0.962 bits per heavy atom. The van der Waals surface area contributed by atoms with E-state index in [2.05, 4.69) is 10.3 Å². The maximum absolute atomic E-state index is 12.7. The van der Waals surface area contributed by atoms with Gasteiger partial charge < -0.3 is 10.2 Å². The highest BCUT2D eigenvalue weighted by molar-refractivity contribution is 6.04. The molecule has 1 aromatic carbocycles. The Bertz CT molecular complexity index is 781. The lowest BCUT2D eigenvalue weighted by Crippen LogP contribution is -2.33. The summed E-state index contributed by atoms with van der Waals surface area (Å²) in [5, 5.41) is 2.89. The van der Waals surface area contributed by atoms with E-state index in [0.717, 1.165) is 29.7 Å². The minimum absolute atomic E-state index is 0.130. The molecule has 0 aliphatic carbocycles. The van der Waals surface area contributed by atoms with Crippen molar-refractivity contribution >= 4 is 17.5 Å². The molecule has 0 fully saturated rings. The smallest absolute Gasteiger partial charge is 0.274 e. The summed E-state index contributed by atoms with van der Waals surface area (Å²) in [4.78, 5) is 31.4. The fourth-order valence-corrected chi connectivity index (χ4v) is 2.77. The topological polar surface area (TPSA) is 62.3 Å². The number of rotatable bonds is 7. The first-order chi connectivity index (χ1) is 12.5. The number of nitrogens with one attached hydrogen (secondary N) is 1. The lowest BCUT2D eigenvalue weighted by Gasteiger charge is -2.21. The Hall–Kier alpha value is -2.69. The van der Waals surface area contributed by atoms with E-state index in [0.29, 0.717) is 18.8 Å². The second kappa shape index (κ2) is 9.13. The Balaban J connectivity index is 2.21. The number of carbonyl (C=O) groups is 2. The van der Waals surface area contributed by atoms with Gasteiger partial charge in [-0.15, -0.1) is 0 Å². The van der Waals surface area contributed by atoms with Gasteiger partial charge in [0.2, 0.25) is 0 Å². The number of nitrogens with zero attached hydrogens (tertiary/aromatic N) is 2. The molecule has 0 aliphatic heterocycles. The summed E-state index contributed by atoms with van der Waals surface area (Å²) in [6.07, 6.45) is 1.77. The number of pyridine rings is 1. The number of anilines is 1. The molecule has 0 atom stereocenters. The number of hydrogen-bond donors (Lipinski definition) is 1. The molecule has 0 unspecified atom stereocenters. The molecule has 26 heavy (non-hydrogen) atoms. The van der Waals surface area contributed by atoms with E-state index in [1.807, 2.05) is 45.9 Å². The quantitative estimate of drug-likeness (QED) is 0.811. The predicted molar refractivity (Wildman–Crippen MR) is 105 cm³/mol. The molecule has 0 aliphatic rings. The fraction of sp³-hybridized carbons (Fsp3) is 0.381. The zero-order valence-corrected chi connectivity index (χ0v) is 16.0. The van der Waals surface area contributed by atoms with Crippen LogP contribution in [0.15, 0.2) is 36.4 Å². The van der Waals surface area contributed by atoms with Crippen molar-refractivity contribution < 1.29 is 9.59 Å². The van der Waals surface area contributed by atoms with Gasteiger partial charge in [0, 0.05) is 18.8 Å². The lowest BCUT2D eigenvalue weighted by atomic mass is 10.1. The maximum Gasteiger partial charge on any atom is 0.274 e. The van der Waals surface area contributed by atoms with Gasteiger partial charge in [0.25, 0.3) is 11.8 Å². The molecule has 0 saturated heterocycles. The number of aromatic nitrogens is 1. The summed E-state index contributed by atoms with van der Waals surface area (Å²) in [7, 11) is 0. The van der Waals surface area contributed by atoms with Crippen LogP contribution in [0.2, 0.25) is 0 Å². The van der Waals surface area contributed by atoms with Gasteiger partial charge in [-0.1, -0.05) is 32.0 Å². The second-order valence-electron chi connectivity index (χ2n) is 6.40. The van der Waals surface area contributed by atoms with Crippen molar-refractivity contribution in [2.24, 2.45) is 0 Å². The molecule has 2 rings (SSSR count). The van der Waals surface area contributed by atoms with E-state index in [1.54, 1.807) is 23.1 Å². The number of hydrogen-bond acceptors (Lipinski definition) is 3. The van der Waals surface area contributed by atoms with Crippen LogP contribution in [0.5, 0.6) is 0 Å². The summed E-state index contributed by atoms with van der Waals surface area (Å²) in [5.41, 5.74) is 3.43. The van der Waals surface area contributed by atoms with Crippen molar-refractivity contribution in [2.45, 2.75) is 40.5 Å². The predicted octanol–water partition coefficient (Wildman–Crippen LogP) is 4.21. The third kappa shape index (κ3) is 4.69. The number of aryl methyl sites for hydroxylation is 1. The summed E-state index contributed by atoms with van der Waals surface area (Å²) in [5.74, 6) is -0.444. The van der Waals surface area contributed by atoms with Gasteiger partial charge in [-0.3, -0.25) is 9.59 Å². The molecule has 1 aromatic heterocycles. The monoisotopic (exact) mass is 353 g/mol. The highest BCUT2D eigenvalue weighted by Gasteiger charge is 2.18. The van der Waals surface area contributed by atoms with Gasteiger partial charge in [0.05, 0.1) is 0 Å². The lowest BCUT2D eigenvalue weighted by molar-refractivity contribution is 0.0749. The molecule has 0 radical (unpaired) electrons. The van der Waals surface area contributed by atoms with E-state index < -0.39 is 0 Å². The van der Waals surface area contributed by atoms with Crippen molar-refractivity contribution in [3.8, 4) is 0 Å². The minimum atomic E-state index is -0.314. The zero-order chi connectivity index (χ0) is 19.1. The Morgan fingerprint density at radius 2 is 1.58 bits per heavy atom. The van der Waals surface area contributed by atoms with Gasteiger partial charge in [-0.05, 0) is 56.0 Å². The normalized spacial score (nSPS) is 10.5. The van der Waals surface area contributed by atoms with Crippen LogP contribution in [-0.2, 0) is 0 Å². The Morgan fingerprint density at radius 3 is 2.23 bits per heavy atom. The Kier molecular flexibility index (Phi) is 6.89. The highest BCUT2D eigenvalue weighted by Crippen LogP contribution is 2.18. The van der Waals surface area contributed by atoms with Crippen molar-refractivity contribution in [1.29, 1.82) is 0 Å². The molecular formula is C21H27N3O2. The molecule has 2 amide bonds. The molecule has 1 heterocycles. The second-order valence-corrected chi connectivity index (χ2v) is 6.40. The van der Waals surface area contributed by atoms with E-state index in [4.69, 9.17) is 0 Å². The van der Waals surface area contributed by atoms with Gasteiger partial charge in [0.15, 0.2) is 0 Å². The van der Waals surface area contributed by atoms with Crippen molar-refractivity contribution in [3.63, 3.8) is 0 Å². The number of amides is 2. The molecular weight excluding hydrogens is 326 g/mol. The first-order valence-corrected chi connectivity index (χ1v) is 9.11. The first-order valence-electron chi connectivity index (χ1n) is 9.11. The molecule has 5 heteroatoms. The molecule has 1 N–H and O–H groups in total. The molecule has 2 aromatic rings. The SMILES string of the molecule is CCCN(CCC)C(=O)c1cccc(C(=O)Nc2cccc(C)c2C)n1. The molecule has 0 saturated carbocycles. The van der Waals surface area contributed by atoms with Gasteiger partial charge in [-0.25, -0.2) is 4.98 Å². The van der Waals surface area contributed by atoms with Crippen LogP contribution in [0.1, 0.15) is 58.8 Å². The van der Waals surface area contributed by atoms with Crippen molar-refractivity contribution in [2.75, 3.05) is 18.4 Å². The first kappa shape index (κ1) is 19.6. The minimum Gasteiger partial charge on any atom is -0.337 e. The summed E-state index contributed by atoms with van der Waals surface area (Å²) >= 11 is 0. The average Bonchev–Trinajstić information content (AvgIpc) is 2.65. The van der Waals surface area contributed by atoms with E-state index in [-0.39, 0.29) is 17.5 Å². The third-order valence-corrected chi connectivity index (χ3v) is 4.33. The van der Waals surface area contributed by atoms with Crippen molar-refractivity contribution in [3.05, 3.63) is 58.9 Å². The van der Waals surface area contributed by atoms with E-state index in [9.17, 15) is 9.59 Å².